The van der Waals surface area contributed by atoms with Gasteiger partial charge in [-0.3, -0.25) is 0 Å². The van der Waals surface area contributed by atoms with Gasteiger partial charge in [0.05, 0.1) is 0 Å². The summed E-state index contributed by atoms with van der Waals surface area (Å²) in [5.41, 5.74) is 1.40. The van der Waals surface area contributed by atoms with E-state index in [1.54, 1.807) is 0 Å². The fourth-order valence-corrected chi connectivity index (χ4v) is 2.35. The van der Waals surface area contributed by atoms with Gasteiger partial charge in [-0.2, -0.15) is 0 Å². The minimum Gasteiger partial charge on any atom is -0.307 e. The number of benzene rings is 1. The summed E-state index contributed by atoms with van der Waals surface area (Å²) in [6, 6.07) is 10.6. The van der Waals surface area contributed by atoms with Crippen LogP contribution in [0.3, 0.4) is 0 Å². The van der Waals surface area contributed by atoms with Gasteiger partial charge in [0, 0.05) is 13.2 Å². The van der Waals surface area contributed by atoms with E-state index in [1.807, 2.05) is 7.05 Å². The molecule has 0 aliphatic heterocycles. The topological polar surface area (TPSA) is 12.4 Å². The van der Waals surface area contributed by atoms with Crippen LogP contribution in [0.4, 0.5) is 0 Å². The first-order valence-corrected chi connectivity index (χ1v) is 6.94. The maximum atomic E-state index is 4.43. The van der Waals surface area contributed by atoms with Crippen molar-refractivity contribution in [2.45, 2.75) is 6.16 Å². The Bertz CT molecular complexity index is 284. The molecule has 2 heteroatoms. The summed E-state index contributed by atoms with van der Waals surface area (Å²) in [4.78, 5) is 0. The lowest BCUT2D eigenvalue weighted by Gasteiger charge is -2.12. The highest BCUT2D eigenvalue weighted by Crippen LogP contribution is 2.43. The standard InChI is InChI=1S/C10H16NP/c1-11-12(2,3)9-10-7-5-4-6-8-10/h4-8H,9H2,1-3H3. The monoisotopic (exact) mass is 181 g/mol. The van der Waals surface area contributed by atoms with E-state index in [2.05, 4.69) is 48.4 Å². The summed E-state index contributed by atoms with van der Waals surface area (Å²) in [5.74, 6) is 0. The number of nitrogens with zero attached hydrogens (tertiary/aromatic N) is 1. The van der Waals surface area contributed by atoms with E-state index in [4.69, 9.17) is 0 Å². The van der Waals surface area contributed by atoms with E-state index >= 15 is 0 Å². The Balaban J connectivity index is 2.78. The van der Waals surface area contributed by atoms with Crippen LogP contribution >= 0.6 is 7.05 Å². The fraction of sp³-hybridized carbons (Fsp3) is 0.400. The predicted octanol–water partition coefficient (Wildman–Crippen LogP) is 3.28. The van der Waals surface area contributed by atoms with E-state index in [0.29, 0.717) is 0 Å². The van der Waals surface area contributed by atoms with Crippen molar-refractivity contribution < 1.29 is 0 Å². The lowest BCUT2D eigenvalue weighted by atomic mass is 10.2. The van der Waals surface area contributed by atoms with Crippen LogP contribution in [0.25, 0.3) is 0 Å². The first kappa shape index (κ1) is 9.54. The van der Waals surface area contributed by atoms with Gasteiger partial charge < -0.3 is 4.74 Å². The number of hydrogen-bond acceptors (Lipinski definition) is 1. The molecule has 0 fully saturated rings. The van der Waals surface area contributed by atoms with Crippen LogP contribution in [-0.2, 0) is 6.16 Å². The summed E-state index contributed by atoms with van der Waals surface area (Å²) in [7, 11) is 0.907. The average molecular weight is 181 g/mol. The van der Waals surface area contributed by atoms with Crippen LogP contribution in [0, 0.1) is 0 Å². The first-order valence-electron chi connectivity index (χ1n) is 4.12. The second-order valence-corrected chi connectivity index (χ2v) is 7.42. The van der Waals surface area contributed by atoms with Gasteiger partial charge in [-0.25, -0.2) is 0 Å². The zero-order chi connectivity index (χ0) is 9.03. The Hall–Kier alpha value is -0.550. The third kappa shape index (κ3) is 2.83. The summed E-state index contributed by atoms with van der Waals surface area (Å²) >= 11 is 0. The molecule has 0 spiro atoms. The summed E-state index contributed by atoms with van der Waals surface area (Å²) in [6.45, 7) is 4.53. The van der Waals surface area contributed by atoms with Crippen LogP contribution in [0.15, 0.2) is 35.1 Å². The van der Waals surface area contributed by atoms with Gasteiger partial charge in [0.15, 0.2) is 0 Å². The van der Waals surface area contributed by atoms with Crippen LogP contribution in [0.1, 0.15) is 5.56 Å². The lowest BCUT2D eigenvalue weighted by Crippen LogP contribution is -1.84. The van der Waals surface area contributed by atoms with Crippen molar-refractivity contribution in [2.24, 2.45) is 4.74 Å². The normalized spacial score (nSPS) is 11.2. The molecule has 1 aromatic rings. The van der Waals surface area contributed by atoms with Crippen molar-refractivity contribution in [2.75, 3.05) is 20.4 Å². The molecule has 0 saturated carbocycles. The second kappa shape index (κ2) is 3.91. The smallest absolute Gasteiger partial charge is 0.0261 e. The molecule has 12 heavy (non-hydrogen) atoms. The van der Waals surface area contributed by atoms with Crippen molar-refractivity contribution in [3.05, 3.63) is 35.9 Å². The van der Waals surface area contributed by atoms with Gasteiger partial charge in [0.1, 0.15) is 0 Å². The molecular formula is C10H16NP. The third-order valence-electron chi connectivity index (χ3n) is 1.95. The Morgan fingerprint density at radius 1 is 1.17 bits per heavy atom. The van der Waals surface area contributed by atoms with Crippen molar-refractivity contribution >= 4 is 7.05 Å². The van der Waals surface area contributed by atoms with Crippen LogP contribution in [0.2, 0.25) is 0 Å². The fourth-order valence-electron chi connectivity index (χ4n) is 1.10. The lowest BCUT2D eigenvalue weighted by molar-refractivity contribution is 1.35. The largest absolute Gasteiger partial charge is 0.307 e. The van der Waals surface area contributed by atoms with Gasteiger partial charge in [-0.1, -0.05) is 30.3 Å². The highest BCUT2D eigenvalue weighted by molar-refractivity contribution is 7.64. The SMILES string of the molecule is CN=P(C)(C)Cc1ccccc1. The molecule has 0 atom stereocenters. The van der Waals surface area contributed by atoms with Gasteiger partial charge in [0.2, 0.25) is 0 Å². The molecule has 0 aliphatic carbocycles. The van der Waals surface area contributed by atoms with E-state index in [0.717, 1.165) is 6.16 Å². The first-order chi connectivity index (χ1) is 5.64. The highest BCUT2D eigenvalue weighted by Gasteiger charge is 2.04. The molecule has 66 valence electrons. The zero-order valence-electron chi connectivity index (χ0n) is 7.99. The zero-order valence-corrected chi connectivity index (χ0v) is 8.88. The predicted molar refractivity (Wildman–Crippen MR) is 57.3 cm³/mol. The highest BCUT2D eigenvalue weighted by atomic mass is 31.2. The van der Waals surface area contributed by atoms with Gasteiger partial charge in [0.25, 0.3) is 0 Å². The van der Waals surface area contributed by atoms with Crippen LogP contribution < -0.4 is 0 Å². The quantitative estimate of drug-likeness (QED) is 0.621. The van der Waals surface area contributed by atoms with E-state index in [1.165, 1.54) is 5.56 Å². The molecule has 1 aromatic carbocycles. The van der Waals surface area contributed by atoms with Crippen molar-refractivity contribution in [1.29, 1.82) is 0 Å². The van der Waals surface area contributed by atoms with Crippen molar-refractivity contribution in [3.8, 4) is 0 Å². The van der Waals surface area contributed by atoms with Crippen LogP contribution in [-0.4, -0.2) is 20.4 Å². The van der Waals surface area contributed by atoms with E-state index in [9.17, 15) is 0 Å². The Labute approximate surface area is 74.9 Å². The molecule has 0 bridgehead atoms. The van der Waals surface area contributed by atoms with Crippen LogP contribution in [0.5, 0.6) is 0 Å². The van der Waals surface area contributed by atoms with Crippen molar-refractivity contribution in [1.82, 2.24) is 0 Å². The molecule has 0 radical (unpaired) electrons. The maximum Gasteiger partial charge on any atom is 0.0261 e. The molecule has 1 nitrogen and oxygen atoms in total. The minimum absolute atomic E-state index is 1.02. The third-order valence-corrected chi connectivity index (χ3v) is 4.18. The van der Waals surface area contributed by atoms with Gasteiger partial charge in [-0.15, -0.1) is 0 Å². The van der Waals surface area contributed by atoms with Gasteiger partial charge >= 0.3 is 0 Å². The molecule has 0 aromatic heterocycles. The maximum absolute atomic E-state index is 4.43. The average Bonchev–Trinajstić information content (AvgIpc) is 2.06. The number of hydrogen-bond donors (Lipinski definition) is 0. The molecule has 0 aliphatic rings. The molecular weight excluding hydrogens is 165 g/mol. The molecule has 1 rings (SSSR count). The number of rotatable bonds is 2. The Morgan fingerprint density at radius 2 is 1.75 bits per heavy atom. The summed E-state index contributed by atoms with van der Waals surface area (Å²) in [5, 5.41) is 0. The molecule has 0 N–H and O–H groups in total. The van der Waals surface area contributed by atoms with Crippen molar-refractivity contribution in [3.63, 3.8) is 0 Å². The molecule has 0 unspecified atom stereocenters. The molecule has 0 amide bonds. The summed E-state index contributed by atoms with van der Waals surface area (Å²) in [6.07, 6.45) is 1.13. The van der Waals surface area contributed by atoms with E-state index < -0.39 is 7.05 Å². The molecule has 0 heterocycles. The molecule has 0 saturated heterocycles. The summed E-state index contributed by atoms with van der Waals surface area (Å²) < 4.78 is 4.43. The van der Waals surface area contributed by atoms with E-state index in [-0.39, 0.29) is 0 Å². The van der Waals surface area contributed by atoms with Gasteiger partial charge in [-0.05, 0) is 25.9 Å². The Morgan fingerprint density at radius 3 is 2.25 bits per heavy atom. The Kier molecular flexibility index (Phi) is 3.11. The minimum atomic E-state index is -1.02. The second-order valence-electron chi connectivity index (χ2n) is 3.46.